The van der Waals surface area contributed by atoms with Crippen molar-refractivity contribution in [3.63, 3.8) is 0 Å². The summed E-state index contributed by atoms with van der Waals surface area (Å²) in [6.07, 6.45) is 5.61. The van der Waals surface area contributed by atoms with Gasteiger partial charge in [-0.15, -0.1) is 0 Å². The van der Waals surface area contributed by atoms with E-state index in [-0.39, 0.29) is 5.91 Å². The highest BCUT2D eigenvalue weighted by molar-refractivity contribution is 5.77. The fraction of sp³-hybridized carbons (Fsp3) is 0.625. The van der Waals surface area contributed by atoms with Crippen molar-refractivity contribution in [2.75, 3.05) is 7.05 Å². The number of carbonyl (C=O) groups excluding carboxylic acids is 1. The second-order valence-electron chi connectivity index (χ2n) is 2.86. The number of hydrogen-bond acceptors (Lipinski definition) is 1. The highest BCUT2D eigenvalue weighted by Gasteiger charge is 2.11. The largest absolute Gasteiger partial charge is 0.322 e. The van der Waals surface area contributed by atoms with Crippen LogP contribution in [-0.4, -0.2) is 17.9 Å². The van der Waals surface area contributed by atoms with E-state index in [1.54, 1.807) is 11.9 Å². The SMILES string of the molecule is CC1C=CN(C)C(=O)CC1. The maximum Gasteiger partial charge on any atom is 0.226 e. The van der Waals surface area contributed by atoms with Gasteiger partial charge in [0.15, 0.2) is 0 Å². The van der Waals surface area contributed by atoms with Gasteiger partial charge in [0.1, 0.15) is 0 Å². The molecule has 0 aromatic heterocycles. The third-order valence-corrected chi connectivity index (χ3v) is 1.85. The molecule has 10 heavy (non-hydrogen) atoms. The highest BCUT2D eigenvalue weighted by atomic mass is 16.2. The summed E-state index contributed by atoms with van der Waals surface area (Å²) in [6.45, 7) is 2.13. The summed E-state index contributed by atoms with van der Waals surface area (Å²) in [4.78, 5) is 12.7. The molecule has 1 rings (SSSR count). The maximum atomic E-state index is 11.0. The summed E-state index contributed by atoms with van der Waals surface area (Å²) in [6, 6.07) is 0. The molecular weight excluding hydrogens is 126 g/mol. The minimum Gasteiger partial charge on any atom is -0.322 e. The van der Waals surface area contributed by atoms with Gasteiger partial charge in [0, 0.05) is 19.7 Å². The highest BCUT2D eigenvalue weighted by Crippen LogP contribution is 2.12. The molecule has 2 nitrogen and oxygen atoms in total. The first-order valence-electron chi connectivity index (χ1n) is 3.64. The van der Waals surface area contributed by atoms with Crippen molar-refractivity contribution in [2.45, 2.75) is 19.8 Å². The first-order valence-corrected chi connectivity index (χ1v) is 3.64. The molecule has 1 heterocycles. The van der Waals surface area contributed by atoms with Crippen LogP contribution in [0.25, 0.3) is 0 Å². The fourth-order valence-corrected chi connectivity index (χ4v) is 0.983. The topological polar surface area (TPSA) is 20.3 Å². The smallest absolute Gasteiger partial charge is 0.226 e. The molecule has 0 N–H and O–H groups in total. The number of hydrogen-bond donors (Lipinski definition) is 0. The van der Waals surface area contributed by atoms with Crippen molar-refractivity contribution in [1.82, 2.24) is 4.90 Å². The summed E-state index contributed by atoms with van der Waals surface area (Å²) >= 11 is 0. The Morgan fingerprint density at radius 1 is 1.70 bits per heavy atom. The predicted octanol–water partition coefficient (Wildman–Crippen LogP) is 1.39. The molecule has 0 aromatic rings. The lowest BCUT2D eigenvalue weighted by Crippen LogP contribution is -2.18. The monoisotopic (exact) mass is 139 g/mol. The summed E-state index contributed by atoms with van der Waals surface area (Å²) in [5.41, 5.74) is 0. The molecule has 2 heteroatoms. The molecule has 0 aliphatic carbocycles. The average Bonchev–Trinajstić information content (AvgIpc) is 2.04. The number of rotatable bonds is 0. The van der Waals surface area contributed by atoms with Gasteiger partial charge < -0.3 is 4.90 Å². The number of amides is 1. The molecule has 1 amide bonds. The van der Waals surface area contributed by atoms with Gasteiger partial charge in [-0.3, -0.25) is 4.79 Å². The van der Waals surface area contributed by atoms with Gasteiger partial charge in [0.2, 0.25) is 5.91 Å². The molecule has 1 aliphatic rings. The van der Waals surface area contributed by atoms with Crippen molar-refractivity contribution < 1.29 is 4.79 Å². The first-order chi connectivity index (χ1) is 4.70. The standard InChI is InChI=1S/C8H13NO/c1-7-3-4-8(10)9(2)6-5-7/h5-7H,3-4H2,1-2H3. The first kappa shape index (κ1) is 7.32. The zero-order chi connectivity index (χ0) is 7.56. The lowest BCUT2D eigenvalue weighted by Gasteiger charge is -2.07. The summed E-state index contributed by atoms with van der Waals surface area (Å²) < 4.78 is 0. The normalized spacial score (nSPS) is 26.8. The Balaban J connectivity index is 2.62. The molecule has 0 saturated carbocycles. The van der Waals surface area contributed by atoms with Crippen molar-refractivity contribution >= 4 is 5.91 Å². The van der Waals surface area contributed by atoms with E-state index < -0.39 is 0 Å². The van der Waals surface area contributed by atoms with Crippen LogP contribution in [0.1, 0.15) is 19.8 Å². The lowest BCUT2D eigenvalue weighted by atomic mass is 10.1. The molecule has 56 valence electrons. The van der Waals surface area contributed by atoms with Crippen LogP contribution in [0.4, 0.5) is 0 Å². The Labute approximate surface area is 61.5 Å². The Morgan fingerprint density at radius 2 is 2.40 bits per heavy atom. The number of allylic oxidation sites excluding steroid dienone is 1. The fourth-order valence-electron chi connectivity index (χ4n) is 0.983. The lowest BCUT2D eigenvalue weighted by molar-refractivity contribution is -0.127. The third-order valence-electron chi connectivity index (χ3n) is 1.85. The van der Waals surface area contributed by atoms with E-state index >= 15 is 0 Å². The summed E-state index contributed by atoms with van der Waals surface area (Å²) in [5, 5.41) is 0. The van der Waals surface area contributed by atoms with E-state index in [0.717, 1.165) is 6.42 Å². The molecule has 0 radical (unpaired) electrons. The molecule has 1 unspecified atom stereocenters. The van der Waals surface area contributed by atoms with E-state index in [4.69, 9.17) is 0 Å². The molecule has 0 fully saturated rings. The van der Waals surface area contributed by atoms with Gasteiger partial charge >= 0.3 is 0 Å². The van der Waals surface area contributed by atoms with Crippen molar-refractivity contribution in [3.05, 3.63) is 12.3 Å². The zero-order valence-corrected chi connectivity index (χ0v) is 6.50. The second-order valence-corrected chi connectivity index (χ2v) is 2.86. The van der Waals surface area contributed by atoms with E-state index in [0.29, 0.717) is 12.3 Å². The van der Waals surface area contributed by atoms with Crippen molar-refractivity contribution in [2.24, 2.45) is 5.92 Å². The Kier molecular flexibility index (Phi) is 2.10. The molecule has 0 bridgehead atoms. The van der Waals surface area contributed by atoms with Crippen LogP contribution in [0.2, 0.25) is 0 Å². The van der Waals surface area contributed by atoms with Crippen LogP contribution in [0, 0.1) is 5.92 Å². The van der Waals surface area contributed by atoms with Gasteiger partial charge in [-0.1, -0.05) is 13.0 Å². The zero-order valence-electron chi connectivity index (χ0n) is 6.50. The van der Waals surface area contributed by atoms with Crippen LogP contribution in [0.15, 0.2) is 12.3 Å². The molecule has 0 saturated heterocycles. The molecule has 1 atom stereocenters. The number of nitrogens with zero attached hydrogens (tertiary/aromatic N) is 1. The Hall–Kier alpha value is -0.790. The quantitative estimate of drug-likeness (QED) is 0.496. The van der Waals surface area contributed by atoms with E-state index in [9.17, 15) is 4.79 Å². The molecule has 1 aliphatic heterocycles. The van der Waals surface area contributed by atoms with Crippen LogP contribution in [-0.2, 0) is 4.79 Å². The molecular formula is C8H13NO. The van der Waals surface area contributed by atoms with E-state index in [1.807, 2.05) is 6.20 Å². The van der Waals surface area contributed by atoms with Gasteiger partial charge in [-0.2, -0.15) is 0 Å². The summed E-state index contributed by atoms with van der Waals surface area (Å²) in [5.74, 6) is 0.773. The predicted molar refractivity (Wildman–Crippen MR) is 40.3 cm³/mol. The van der Waals surface area contributed by atoms with Crippen molar-refractivity contribution in [3.8, 4) is 0 Å². The third kappa shape index (κ3) is 1.59. The Morgan fingerprint density at radius 3 is 3.10 bits per heavy atom. The van der Waals surface area contributed by atoms with Crippen LogP contribution in [0.3, 0.4) is 0 Å². The minimum absolute atomic E-state index is 0.223. The second kappa shape index (κ2) is 2.86. The van der Waals surface area contributed by atoms with Crippen LogP contribution in [0.5, 0.6) is 0 Å². The van der Waals surface area contributed by atoms with Crippen molar-refractivity contribution in [1.29, 1.82) is 0 Å². The Bertz CT molecular complexity index is 163. The van der Waals surface area contributed by atoms with Gasteiger partial charge in [-0.25, -0.2) is 0 Å². The summed E-state index contributed by atoms with van der Waals surface area (Å²) in [7, 11) is 1.80. The van der Waals surface area contributed by atoms with Crippen LogP contribution < -0.4 is 0 Å². The van der Waals surface area contributed by atoms with E-state index in [1.165, 1.54) is 0 Å². The molecule has 0 aromatic carbocycles. The van der Waals surface area contributed by atoms with Gasteiger partial charge in [-0.05, 0) is 12.3 Å². The van der Waals surface area contributed by atoms with E-state index in [2.05, 4.69) is 13.0 Å². The minimum atomic E-state index is 0.223. The average molecular weight is 139 g/mol. The van der Waals surface area contributed by atoms with Crippen LogP contribution >= 0.6 is 0 Å². The maximum absolute atomic E-state index is 11.0. The number of carbonyl (C=O) groups is 1. The molecule has 0 spiro atoms. The van der Waals surface area contributed by atoms with Gasteiger partial charge in [0.25, 0.3) is 0 Å². The van der Waals surface area contributed by atoms with Gasteiger partial charge in [0.05, 0.1) is 0 Å².